The van der Waals surface area contributed by atoms with Crippen molar-refractivity contribution in [1.82, 2.24) is 10.2 Å². The van der Waals surface area contributed by atoms with Crippen LogP contribution in [-0.4, -0.2) is 27.8 Å². The van der Waals surface area contributed by atoms with E-state index in [0.717, 1.165) is 34.5 Å². The van der Waals surface area contributed by atoms with Crippen molar-refractivity contribution in [2.75, 3.05) is 11.9 Å². The molecule has 146 valence electrons. The Morgan fingerprint density at radius 3 is 2.76 bits per heavy atom. The van der Waals surface area contributed by atoms with Crippen LogP contribution in [-0.2, 0) is 15.8 Å². The van der Waals surface area contributed by atoms with Gasteiger partial charge in [-0.05, 0) is 42.5 Å². The van der Waals surface area contributed by atoms with Crippen molar-refractivity contribution in [2.24, 2.45) is 0 Å². The highest BCUT2D eigenvalue weighted by Gasteiger charge is 2.53. The van der Waals surface area contributed by atoms with Gasteiger partial charge in [-0.2, -0.15) is 0 Å². The number of carbonyl (C=O) groups excluding carboxylic acids is 1. The van der Waals surface area contributed by atoms with Gasteiger partial charge in [0.05, 0.1) is 5.41 Å². The number of nitrogens with zero attached hydrogens (tertiary/aromatic N) is 2. The van der Waals surface area contributed by atoms with Crippen molar-refractivity contribution in [3.63, 3.8) is 0 Å². The summed E-state index contributed by atoms with van der Waals surface area (Å²) in [6.45, 7) is 0.194. The van der Waals surface area contributed by atoms with E-state index < -0.39 is 11.0 Å². The molecule has 2 unspecified atom stereocenters. The van der Waals surface area contributed by atoms with E-state index in [0.29, 0.717) is 17.3 Å². The Morgan fingerprint density at radius 1 is 1.14 bits per heavy atom. The second-order valence-electron chi connectivity index (χ2n) is 8.18. The number of hydrogen-bond acceptors (Lipinski definition) is 6. The zero-order valence-corrected chi connectivity index (χ0v) is 16.4. The van der Waals surface area contributed by atoms with E-state index in [1.54, 1.807) is 0 Å². The molecule has 1 fully saturated rings. The number of benzene rings is 2. The zero-order valence-electron chi connectivity index (χ0n) is 15.6. The van der Waals surface area contributed by atoms with Gasteiger partial charge < -0.3 is 9.84 Å². The van der Waals surface area contributed by atoms with Crippen molar-refractivity contribution in [1.29, 1.82) is 0 Å². The molecule has 3 heterocycles. The monoisotopic (exact) mass is 405 g/mol. The van der Waals surface area contributed by atoms with Crippen molar-refractivity contribution in [3.05, 3.63) is 70.2 Å². The minimum Gasteiger partial charge on any atom is -0.490 e. The molecular formula is C22H19N3O3S. The number of aliphatic hydroxyl groups is 1. The van der Waals surface area contributed by atoms with Gasteiger partial charge in [-0.15, -0.1) is 10.2 Å². The highest BCUT2D eigenvalue weighted by Crippen LogP contribution is 2.53. The van der Waals surface area contributed by atoms with Gasteiger partial charge in [-0.3, -0.25) is 10.1 Å². The number of nitrogens with one attached hydrogen (secondary N) is 1. The van der Waals surface area contributed by atoms with Crippen molar-refractivity contribution >= 4 is 22.4 Å². The molecule has 1 saturated carbocycles. The molecule has 29 heavy (non-hydrogen) atoms. The molecule has 1 amide bonds. The van der Waals surface area contributed by atoms with E-state index in [4.69, 9.17) is 4.74 Å². The molecule has 2 aliphatic heterocycles. The van der Waals surface area contributed by atoms with E-state index in [1.165, 1.54) is 11.3 Å². The summed E-state index contributed by atoms with van der Waals surface area (Å²) in [6.07, 6.45) is 2.01. The van der Waals surface area contributed by atoms with Crippen LogP contribution in [0.3, 0.4) is 0 Å². The Bertz CT molecular complexity index is 1130. The minimum atomic E-state index is -1.15. The number of anilines is 1. The van der Waals surface area contributed by atoms with Crippen LogP contribution >= 0.6 is 11.3 Å². The Hall–Kier alpha value is -2.77. The molecule has 0 radical (unpaired) electrons. The van der Waals surface area contributed by atoms with Gasteiger partial charge in [-0.25, -0.2) is 0 Å². The predicted octanol–water partition coefficient (Wildman–Crippen LogP) is 3.32. The normalized spacial score (nSPS) is 26.2. The molecular weight excluding hydrogens is 386 g/mol. The summed E-state index contributed by atoms with van der Waals surface area (Å²) in [6, 6.07) is 15.8. The first kappa shape index (κ1) is 17.1. The van der Waals surface area contributed by atoms with Gasteiger partial charge in [0.1, 0.15) is 23.0 Å². The van der Waals surface area contributed by atoms with Crippen LogP contribution in [0.1, 0.15) is 46.9 Å². The Kier molecular flexibility index (Phi) is 3.47. The van der Waals surface area contributed by atoms with Gasteiger partial charge >= 0.3 is 0 Å². The van der Waals surface area contributed by atoms with Crippen molar-refractivity contribution in [2.45, 2.75) is 36.2 Å². The molecule has 6 nitrogen and oxygen atoms in total. The molecule has 2 aromatic carbocycles. The molecule has 2 N–H and O–H groups in total. The highest BCUT2D eigenvalue weighted by molar-refractivity contribution is 7.15. The fourth-order valence-electron chi connectivity index (χ4n) is 4.55. The summed E-state index contributed by atoms with van der Waals surface area (Å²) in [7, 11) is 0. The fraction of sp³-hybridized carbons (Fsp3) is 0.318. The summed E-state index contributed by atoms with van der Waals surface area (Å²) < 4.78 is 5.85. The third kappa shape index (κ3) is 2.54. The number of aromatic nitrogens is 2. The molecule has 4 bridgehead atoms. The van der Waals surface area contributed by atoms with E-state index in [2.05, 4.69) is 15.5 Å². The topological polar surface area (TPSA) is 84.3 Å². The summed E-state index contributed by atoms with van der Waals surface area (Å²) in [5.41, 5.74) is 1.04. The summed E-state index contributed by atoms with van der Waals surface area (Å²) in [4.78, 5) is 13.1. The quantitative estimate of drug-likeness (QED) is 0.649. The first-order chi connectivity index (χ1) is 14.1. The number of fused-ring (bicyclic) bond motifs is 4. The Balaban J connectivity index is 1.54. The van der Waals surface area contributed by atoms with Gasteiger partial charge in [-0.1, -0.05) is 47.7 Å². The van der Waals surface area contributed by atoms with Gasteiger partial charge in [0.15, 0.2) is 0 Å². The number of hydrogen-bond donors (Lipinski definition) is 2. The maximum Gasteiger partial charge on any atom is 0.236 e. The SMILES string of the molecule is O=C1Nc2nnc(s2)C(c2ccccc2)CC2(O)COc3ccc(cc32)C12CC2. The summed E-state index contributed by atoms with van der Waals surface area (Å²) in [5, 5.41) is 24.5. The van der Waals surface area contributed by atoms with Crippen LogP contribution in [0, 0.1) is 0 Å². The van der Waals surface area contributed by atoms with Crippen molar-refractivity contribution < 1.29 is 14.6 Å². The average molecular weight is 405 g/mol. The second-order valence-corrected chi connectivity index (χ2v) is 9.19. The lowest BCUT2D eigenvalue weighted by Crippen LogP contribution is -2.31. The third-order valence-corrected chi connectivity index (χ3v) is 7.34. The van der Waals surface area contributed by atoms with E-state index in [-0.39, 0.29) is 18.4 Å². The lowest BCUT2D eigenvalue weighted by molar-refractivity contribution is -0.118. The number of ether oxygens (including phenoxy) is 1. The summed E-state index contributed by atoms with van der Waals surface area (Å²) >= 11 is 1.38. The summed E-state index contributed by atoms with van der Waals surface area (Å²) in [5.74, 6) is 0.477. The van der Waals surface area contributed by atoms with Crippen molar-refractivity contribution in [3.8, 4) is 5.75 Å². The van der Waals surface area contributed by atoms with Crippen LogP contribution in [0.4, 0.5) is 5.13 Å². The second kappa shape index (κ2) is 5.87. The van der Waals surface area contributed by atoms with Gasteiger partial charge in [0.2, 0.25) is 11.0 Å². The molecule has 3 aliphatic rings. The maximum absolute atomic E-state index is 13.1. The predicted molar refractivity (Wildman–Crippen MR) is 108 cm³/mol. The molecule has 3 aromatic rings. The molecule has 2 atom stereocenters. The highest BCUT2D eigenvalue weighted by atomic mass is 32.1. The lowest BCUT2D eigenvalue weighted by Gasteiger charge is -2.27. The first-order valence-corrected chi connectivity index (χ1v) is 10.6. The molecule has 1 aliphatic carbocycles. The van der Waals surface area contributed by atoms with Crippen LogP contribution in [0.2, 0.25) is 0 Å². The maximum atomic E-state index is 13.1. The third-order valence-electron chi connectivity index (χ3n) is 6.39. The molecule has 6 rings (SSSR count). The van der Waals surface area contributed by atoms with Crippen LogP contribution in [0.25, 0.3) is 0 Å². The fourth-order valence-corrected chi connectivity index (χ4v) is 5.41. The minimum absolute atomic E-state index is 0.0561. The van der Waals surface area contributed by atoms with Gasteiger partial charge in [0.25, 0.3) is 0 Å². The molecule has 1 spiro atoms. The largest absolute Gasteiger partial charge is 0.490 e. The average Bonchev–Trinajstić information content (AvgIpc) is 3.33. The lowest BCUT2D eigenvalue weighted by atomic mass is 9.81. The van der Waals surface area contributed by atoms with Gasteiger partial charge in [0, 0.05) is 11.5 Å². The Morgan fingerprint density at radius 2 is 1.97 bits per heavy atom. The van der Waals surface area contributed by atoms with Crippen LogP contribution < -0.4 is 10.1 Å². The molecule has 7 heteroatoms. The van der Waals surface area contributed by atoms with E-state index in [1.807, 2.05) is 48.5 Å². The van der Waals surface area contributed by atoms with E-state index in [9.17, 15) is 9.90 Å². The molecule has 1 aromatic heterocycles. The number of rotatable bonds is 1. The Labute approximate surface area is 171 Å². The molecule has 0 saturated heterocycles. The van der Waals surface area contributed by atoms with E-state index >= 15 is 0 Å². The standard InChI is InChI=1S/C22H19N3O3S/c26-19-21(8-9-21)14-6-7-17-16(10-14)22(27,12-28-17)11-15(13-4-2-1-3-5-13)18-24-25-20(23-19)29-18/h1-7,10,15,27H,8-9,11-12H2,(H,23,25,26). The number of amides is 1. The zero-order chi connectivity index (χ0) is 19.6. The smallest absolute Gasteiger partial charge is 0.236 e. The van der Waals surface area contributed by atoms with Crippen LogP contribution in [0.15, 0.2) is 48.5 Å². The first-order valence-electron chi connectivity index (χ1n) is 9.77. The van der Waals surface area contributed by atoms with Crippen LogP contribution in [0.5, 0.6) is 5.75 Å². The number of carbonyl (C=O) groups is 1.